The molecule has 0 amide bonds. The molecule has 0 unspecified atom stereocenters. The molecule has 190 valence electrons. The Morgan fingerprint density at radius 3 is 2.54 bits per heavy atom. The van der Waals surface area contributed by atoms with Crippen LogP contribution in [0, 0.1) is 5.82 Å². The van der Waals surface area contributed by atoms with Crippen molar-refractivity contribution in [3.63, 3.8) is 0 Å². The van der Waals surface area contributed by atoms with Gasteiger partial charge in [-0.15, -0.1) is 0 Å². The topological polar surface area (TPSA) is 83.7 Å². The second-order valence-electron chi connectivity index (χ2n) is 8.26. The Morgan fingerprint density at radius 1 is 1.05 bits per heavy atom. The van der Waals surface area contributed by atoms with E-state index in [0.717, 1.165) is 10.9 Å². The van der Waals surface area contributed by atoms with E-state index < -0.39 is 5.97 Å². The molecule has 4 rings (SSSR count). The van der Waals surface area contributed by atoms with Crippen LogP contribution >= 0.6 is 12.2 Å². The highest BCUT2D eigenvalue weighted by Gasteiger charge is 2.18. The average Bonchev–Trinajstić information content (AvgIpc) is 2.90. The third kappa shape index (κ3) is 6.31. The van der Waals surface area contributed by atoms with Gasteiger partial charge in [0.1, 0.15) is 11.6 Å². The molecule has 0 bridgehead atoms. The first kappa shape index (κ1) is 25.8. The van der Waals surface area contributed by atoms with E-state index in [1.165, 1.54) is 19.2 Å². The zero-order valence-corrected chi connectivity index (χ0v) is 21.2. The Morgan fingerprint density at radius 2 is 1.81 bits per heavy atom. The van der Waals surface area contributed by atoms with Gasteiger partial charge in [-0.2, -0.15) is 0 Å². The molecule has 0 aliphatic rings. The summed E-state index contributed by atoms with van der Waals surface area (Å²) < 4.78 is 24.0. The van der Waals surface area contributed by atoms with Crippen LogP contribution in [0.1, 0.15) is 28.4 Å². The lowest BCUT2D eigenvalue weighted by molar-refractivity contribution is 0.0602. The SMILES string of the molecule is CCOc1ccc2[nH]c(=O)c(CN(Cc3ccc(F)cc3)C(=S)Nc3ccccc3C(=O)OC)cc2c1. The fourth-order valence-electron chi connectivity index (χ4n) is 3.89. The molecule has 0 saturated carbocycles. The molecular formula is C28H26FN3O4S. The number of aromatic amines is 1. The number of methoxy groups -OCH3 is 1. The fourth-order valence-corrected chi connectivity index (χ4v) is 4.13. The molecule has 2 N–H and O–H groups in total. The standard InChI is InChI=1S/C28H26FN3O4S/c1-3-36-22-12-13-24-19(15-22)14-20(26(33)30-24)17-32(16-18-8-10-21(29)11-9-18)28(37)31-25-7-5-4-6-23(25)27(34)35-2/h4-15H,3,16-17H2,1-2H3,(H,30,33)(H,31,37). The number of pyridine rings is 1. The maximum absolute atomic E-state index is 13.5. The molecule has 37 heavy (non-hydrogen) atoms. The summed E-state index contributed by atoms with van der Waals surface area (Å²) in [6, 6.07) is 20.2. The van der Waals surface area contributed by atoms with E-state index in [-0.39, 0.29) is 23.0 Å². The number of fused-ring (bicyclic) bond motifs is 1. The quantitative estimate of drug-likeness (QED) is 0.243. The Bertz CT molecular complexity index is 1490. The van der Waals surface area contributed by atoms with Crippen LogP contribution in [0.5, 0.6) is 5.75 Å². The van der Waals surface area contributed by atoms with Gasteiger partial charge in [0.25, 0.3) is 5.56 Å². The molecule has 0 aliphatic carbocycles. The van der Waals surface area contributed by atoms with E-state index in [1.807, 2.05) is 13.0 Å². The van der Waals surface area contributed by atoms with Crippen LogP contribution in [0.3, 0.4) is 0 Å². The van der Waals surface area contributed by atoms with E-state index in [9.17, 15) is 14.0 Å². The second kappa shape index (κ2) is 11.7. The summed E-state index contributed by atoms with van der Waals surface area (Å²) in [5.74, 6) is -0.154. The van der Waals surface area contributed by atoms with Crippen molar-refractivity contribution in [1.82, 2.24) is 9.88 Å². The number of nitrogens with zero attached hydrogens (tertiary/aromatic N) is 1. The Balaban J connectivity index is 1.68. The number of para-hydroxylation sites is 1. The van der Waals surface area contributed by atoms with Crippen LogP contribution in [0.4, 0.5) is 10.1 Å². The summed E-state index contributed by atoms with van der Waals surface area (Å²) in [4.78, 5) is 29.9. The lowest BCUT2D eigenvalue weighted by Gasteiger charge is -2.26. The fraction of sp³-hybridized carbons (Fsp3) is 0.179. The molecule has 3 aromatic carbocycles. The number of anilines is 1. The smallest absolute Gasteiger partial charge is 0.339 e. The van der Waals surface area contributed by atoms with E-state index in [2.05, 4.69) is 10.3 Å². The molecule has 0 aliphatic heterocycles. The summed E-state index contributed by atoms with van der Waals surface area (Å²) in [5.41, 5.74) is 2.50. The summed E-state index contributed by atoms with van der Waals surface area (Å²) in [6.45, 7) is 2.89. The monoisotopic (exact) mass is 519 g/mol. The number of esters is 1. The highest BCUT2D eigenvalue weighted by atomic mass is 32.1. The summed E-state index contributed by atoms with van der Waals surface area (Å²) in [7, 11) is 1.31. The number of hydrogen-bond acceptors (Lipinski definition) is 5. The van der Waals surface area contributed by atoms with Gasteiger partial charge in [0.2, 0.25) is 0 Å². The second-order valence-corrected chi connectivity index (χ2v) is 8.64. The summed E-state index contributed by atoms with van der Waals surface area (Å²) >= 11 is 5.71. The number of benzene rings is 3. The zero-order chi connectivity index (χ0) is 26.4. The van der Waals surface area contributed by atoms with Crippen LogP contribution < -0.4 is 15.6 Å². The van der Waals surface area contributed by atoms with Gasteiger partial charge in [-0.25, -0.2) is 9.18 Å². The van der Waals surface area contributed by atoms with Gasteiger partial charge in [-0.1, -0.05) is 24.3 Å². The first-order valence-electron chi connectivity index (χ1n) is 11.6. The predicted molar refractivity (Wildman–Crippen MR) is 145 cm³/mol. The van der Waals surface area contributed by atoms with Gasteiger partial charge in [0.15, 0.2) is 5.11 Å². The van der Waals surface area contributed by atoms with E-state index in [4.69, 9.17) is 21.7 Å². The first-order valence-corrected chi connectivity index (χ1v) is 12.0. The molecule has 9 heteroatoms. The highest BCUT2D eigenvalue weighted by molar-refractivity contribution is 7.80. The number of halogens is 1. The molecule has 1 heterocycles. The van der Waals surface area contributed by atoms with Crippen molar-refractivity contribution < 1.29 is 18.7 Å². The molecule has 1 aromatic heterocycles. The number of carbonyl (C=O) groups is 1. The van der Waals surface area contributed by atoms with Crippen molar-refractivity contribution in [3.05, 3.63) is 106 Å². The van der Waals surface area contributed by atoms with Crippen LogP contribution in [-0.2, 0) is 17.8 Å². The van der Waals surface area contributed by atoms with Crippen molar-refractivity contribution in [2.75, 3.05) is 19.0 Å². The van der Waals surface area contributed by atoms with Crippen molar-refractivity contribution in [2.24, 2.45) is 0 Å². The van der Waals surface area contributed by atoms with Crippen LogP contribution in [0.15, 0.2) is 77.6 Å². The Hall–Kier alpha value is -4.24. The minimum Gasteiger partial charge on any atom is -0.494 e. The first-order chi connectivity index (χ1) is 17.9. The lowest BCUT2D eigenvalue weighted by atomic mass is 10.1. The molecule has 7 nitrogen and oxygen atoms in total. The zero-order valence-electron chi connectivity index (χ0n) is 20.4. The molecular weight excluding hydrogens is 493 g/mol. The average molecular weight is 520 g/mol. The third-order valence-corrected chi connectivity index (χ3v) is 6.07. The summed E-state index contributed by atoms with van der Waals surface area (Å²) in [5, 5.41) is 4.21. The normalized spacial score (nSPS) is 10.7. The van der Waals surface area contributed by atoms with Crippen molar-refractivity contribution >= 4 is 39.9 Å². The number of aromatic nitrogens is 1. The molecule has 0 spiro atoms. The van der Waals surface area contributed by atoms with Gasteiger partial charge < -0.3 is 24.7 Å². The van der Waals surface area contributed by atoms with Crippen LogP contribution in [0.25, 0.3) is 10.9 Å². The number of carbonyl (C=O) groups excluding carboxylic acids is 1. The molecule has 0 saturated heterocycles. The molecule has 0 fully saturated rings. The number of ether oxygens (including phenoxy) is 2. The van der Waals surface area contributed by atoms with Gasteiger partial charge in [-0.3, -0.25) is 4.79 Å². The highest BCUT2D eigenvalue weighted by Crippen LogP contribution is 2.21. The van der Waals surface area contributed by atoms with Crippen LogP contribution in [0.2, 0.25) is 0 Å². The minimum atomic E-state index is -0.507. The maximum Gasteiger partial charge on any atom is 0.339 e. The lowest BCUT2D eigenvalue weighted by Crippen LogP contribution is -2.36. The molecule has 0 atom stereocenters. The number of rotatable bonds is 8. The summed E-state index contributed by atoms with van der Waals surface area (Å²) in [6.07, 6.45) is 0. The Kier molecular flexibility index (Phi) is 8.15. The van der Waals surface area contributed by atoms with Crippen molar-refractivity contribution in [2.45, 2.75) is 20.0 Å². The Labute approximate surface area is 218 Å². The van der Waals surface area contributed by atoms with E-state index in [0.29, 0.717) is 41.2 Å². The van der Waals surface area contributed by atoms with Gasteiger partial charge in [0.05, 0.1) is 31.5 Å². The van der Waals surface area contributed by atoms with Gasteiger partial charge in [-0.05, 0) is 73.2 Å². The molecule has 4 aromatic rings. The minimum absolute atomic E-state index is 0.160. The van der Waals surface area contributed by atoms with E-state index in [1.54, 1.807) is 59.5 Å². The number of nitrogens with one attached hydrogen (secondary N) is 2. The number of H-pyrrole nitrogens is 1. The maximum atomic E-state index is 13.5. The van der Waals surface area contributed by atoms with Gasteiger partial charge in [0, 0.05) is 23.0 Å². The molecule has 0 radical (unpaired) electrons. The van der Waals surface area contributed by atoms with Crippen molar-refractivity contribution in [3.8, 4) is 5.75 Å². The largest absolute Gasteiger partial charge is 0.494 e. The van der Waals surface area contributed by atoms with Crippen molar-refractivity contribution in [1.29, 1.82) is 0 Å². The predicted octanol–water partition coefficient (Wildman–Crippen LogP) is 5.25. The number of thiocarbonyl (C=S) groups is 1. The third-order valence-electron chi connectivity index (χ3n) is 5.71. The van der Waals surface area contributed by atoms with Crippen LogP contribution in [-0.4, -0.2) is 34.7 Å². The number of hydrogen-bond donors (Lipinski definition) is 2. The van der Waals surface area contributed by atoms with E-state index >= 15 is 0 Å². The van der Waals surface area contributed by atoms with Gasteiger partial charge >= 0.3 is 5.97 Å².